The number of imidazole rings is 1. The molecule has 9 nitrogen and oxygen atoms in total. The number of ether oxygens (including phenoxy) is 1. The molecule has 2 aromatic heterocycles. The molecule has 33 heavy (non-hydrogen) atoms. The number of aromatic amines is 1. The van der Waals surface area contributed by atoms with Gasteiger partial charge in [-0.15, -0.1) is 0 Å². The molecule has 3 heterocycles. The Bertz CT molecular complexity index is 1440. The van der Waals surface area contributed by atoms with E-state index >= 15 is 0 Å². The monoisotopic (exact) mass is 476 g/mol. The number of halogens is 1. The second-order valence-corrected chi connectivity index (χ2v) is 10.2. The van der Waals surface area contributed by atoms with Gasteiger partial charge in [-0.25, -0.2) is 22.6 Å². The summed E-state index contributed by atoms with van der Waals surface area (Å²) in [5.41, 5.74) is 0.221. The Morgan fingerprint density at radius 2 is 1.85 bits per heavy atom. The van der Waals surface area contributed by atoms with Gasteiger partial charge >= 0.3 is 5.69 Å². The third-order valence-electron chi connectivity index (χ3n) is 5.70. The molecular weight excluding hydrogens is 451 g/mol. The molecule has 0 amide bonds. The van der Waals surface area contributed by atoms with Crippen LogP contribution in [-0.4, -0.2) is 45.1 Å². The normalized spacial score (nSPS) is 16.6. The maximum Gasteiger partial charge on any atom is 0.332 e. The highest BCUT2D eigenvalue weighted by molar-refractivity contribution is 7.91. The minimum absolute atomic E-state index is 0.0484. The second kappa shape index (κ2) is 8.97. The number of hydrogen-bond donors (Lipinski definition) is 1. The molecule has 1 saturated heterocycles. The Morgan fingerprint density at radius 3 is 2.48 bits per heavy atom. The minimum Gasteiger partial charge on any atom is -0.487 e. The average Bonchev–Trinajstić information content (AvgIpc) is 3.20. The van der Waals surface area contributed by atoms with E-state index in [9.17, 15) is 22.4 Å². The van der Waals surface area contributed by atoms with Crippen molar-refractivity contribution in [3.63, 3.8) is 0 Å². The van der Waals surface area contributed by atoms with Gasteiger partial charge in [0.15, 0.2) is 27.1 Å². The van der Waals surface area contributed by atoms with Crippen LogP contribution in [0.4, 0.5) is 4.39 Å². The lowest BCUT2D eigenvalue weighted by Gasteiger charge is -2.23. The van der Waals surface area contributed by atoms with Gasteiger partial charge in [-0.05, 0) is 50.5 Å². The zero-order valence-corrected chi connectivity index (χ0v) is 19.2. The lowest BCUT2D eigenvalue weighted by molar-refractivity contribution is 0.181. The Kier molecular flexibility index (Phi) is 6.24. The maximum absolute atomic E-state index is 14.5. The Hall–Kier alpha value is -3.21. The van der Waals surface area contributed by atoms with Crippen LogP contribution in [0.25, 0.3) is 23.3 Å². The van der Waals surface area contributed by atoms with Crippen LogP contribution in [0, 0.1) is 5.82 Å². The summed E-state index contributed by atoms with van der Waals surface area (Å²) in [6.07, 6.45) is 3.59. The fourth-order valence-corrected chi connectivity index (χ4v) is 5.33. The predicted molar refractivity (Wildman–Crippen MR) is 124 cm³/mol. The molecule has 4 rings (SSSR count). The standard InChI is InChI=1S/C22H25FN4O5S/c1-3-26-20-19(21(28)27(4-2)22(26)29)24-18(25-20)8-6-14-5-7-17(16(23)13-14)32-15-9-11-33(30,31)12-10-15/h5-8,13,15H,3-4,9-12H2,1-2H3,(H,24,25)/b8-6+. The van der Waals surface area contributed by atoms with Crippen LogP contribution in [0.2, 0.25) is 0 Å². The fourth-order valence-electron chi connectivity index (χ4n) is 3.88. The van der Waals surface area contributed by atoms with Gasteiger partial charge in [0.2, 0.25) is 0 Å². The van der Waals surface area contributed by atoms with Gasteiger partial charge in [0.05, 0.1) is 11.5 Å². The molecule has 1 aliphatic rings. The first-order valence-corrected chi connectivity index (χ1v) is 12.6. The van der Waals surface area contributed by atoms with Gasteiger partial charge in [0.1, 0.15) is 17.4 Å². The van der Waals surface area contributed by atoms with Crippen molar-refractivity contribution in [2.75, 3.05) is 11.5 Å². The maximum atomic E-state index is 14.5. The summed E-state index contributed by atoms with van der Waals surface area (Å²) in [7, 11) is -3.01. The van der Waals surface area contributed by atoms with E-state index in [4.69, 9.17) is 4.74 Å². The van der Waals surface area contributed by atoms with Crippen molar-refractivity contribution in [2.24, 2.45) is 0 Å². The number of aryl methyl sites for hydroxylation is 1. The van der Waals surface area contributed by atoms with Crippen molar-refractivity contribution in [1.82, 2.24) is 19.1 Å². The number of H-pyrrole nitrogens is 1. The summed E-state index contributed by atoms with van der Waals surface area (Å²) in [5.74, 6) is -0.0191. The van der Waals surface area contributed by atoms with E-state index in [1.807, 2.05) is 0 Å². The Balaban J connectivity index is 1.56. The first kappa shape index (κ1) is 23.0. The van der Waals surface area contributed by atoms with Crippen molar-refractivity contribution in [3.8, 4) is 5.75 Å². The molecule has 1 aliphatic heterocycles. The first-order valence-electron chi connectivity index (χ1n) is 10.8. The molecular formula is C22H25FN4O5S. The summed E-state index contributed by atoms with van der Waals surface area (Å²) < 4.78 is 45.8. The number of rotatable bonds is 6. The van der Waals surface area contributed by atoms with E-state index in [0.29, 0.717) is 30.8 Å². The summed E-state index contributed by atoms with van der Waals surface area (Å²) in [5, 5.41) is 0. The molecule has 0 aliphatic carbocycles. The molecule has 0 atom stereocenters. The van der Waals surface area contributed by atoms with Gasteiger partial charge < -0.3 is 9.72 Å². The molecule has 0 saturated carbocycles. The number of aromatic nitrogens is 4. The average molecular weight is 477 g/mol. The smallest absolute Gasteiger partial charge is 0.332 e. The molecule has 0 bridgehead atoms. The van der Waals surface area contributed by atoms with Crippen molar-refractivity contribution in [2.45, 2.75) is 45.9 Å². The molecule has 0 spiro atoms. The van der Waals surface area contributed by atoms with Crippen LogP contribution in [0.3, 0.4) is 0 Å². The van der Waals surface area contributed by atoms with E-state index in [1.165, 1.54) is 16.7 Å². The van der Waals surface area contributed by atoms with Crippen molar-refractivity contribution in [1.29, 1.82) is 0 Å². The summed E-state index contributed by atoms with van der Waals surface area (Å²) >= 11 is 0. The quantitative estimate of drug-likeness (QED) is 0.583. The van der Waals surface area contributed by atoms with Crippen molar-refractivity contribution < 1.29 is 17.5 Å². The molecule has 0 unspecified atom stereocenters. The van der Waals surface area contributed by atoms with Crippen LogP contribution >= 0.6 is 0 Å². The van der Waals surface area contributed by atoms with E-state index < -0.39 is 26.9 Å². The number of nitrogens with zero attached hydrogens (tertiary/aromatic N) is 3. The molecule has 3 aromatic rings. The minimum atomic E-state index is -3.01. The van der Waals surface area contributed by atoms with E-state index in [2.05, 4.69) is 9.97 Å². The zero-order valence-electron chi connectivity index (χ0n) is 18.4. The van der Waals surface area contributed by atoms with Crippen LogP contribution in [0.5, 0.6) is 5.75 Å². The molecule has 1 aromatic carbocycles. The number of benzene rings is 1. The van der Waals surface area contributed by atoms with Gasteiger partial charge in [-0.1, -0.05) is 12.1 Å². The van der Waals surface area contributed by atoms with Gasteiger partial charge in [-0.3, -0.25) is 13.9 Å². The van der Waals surface area contributed by atoms with Crippen molar-refractivity contribution in [3.05, 3.63) is 56.2 Å². The molecule has 1 fully saturated rings. The van der Waals surface area contributed by atoms with E-state index in [1.54, 1.807) is 32.1 Å². The molecule has 176 valence electrons. The largest absolute Gasteiger partial charge is 0.487 e. The number of fused-ring (bicyclic) bond motifs is 1. The lowest BCUT2D eigenvalue weighted by Crippen LogP contribution is -2.39. The van der Waals surface area contributed by atoms with Crippen LogP contribution in [0.15, 0.2) is 27.8 Å². The highest BCUT2D eigenvalue weighted by Crippen LogP contribution is 2.24. The van der Waals surface area contributed by atoms with Gasteiger partial charge in [0.25, 0.3) is 5.56 Å². The van der Waals surface area contributed by atoms with Crippen LogP contribution in [0.1, 0.15) is 38.1 Å². The second-order valence-electron chi connectivity index (χ2n) is 7.89. The Labute approximate surface area is 189 Å². The Morgan fingerprint density at radius 1 is 1.15 bits per heavy atom. The highest BCUT2D eigenvalue weighted by Gasteiger charge is 2.25. The predicted octanol–water partition coefficient (Wildman–Crippen LogP) is 2.19. The molecule has 1 N–H and O–H groups in total. The molecule has 0 radical (unpaired) electrons. The SMILES string of the molecule is CCn1c(=O)c2[nH]c(/C=C/c3ccc(OC4CCS(=O)(=O)CC4)c(F)c3)nc2n(CC)c1=O. The van der Waals surface area contributed by atoms with Gasteiger partial charge in [0, 0.05) is 13.1 Å². The lowest BCUT2D eigenvalue weighted by atomic mass is 10.1. The highest BCUT2D eigenvalue weighted by atomic mass is 32.2. The zero-order chi connectivity index (χ0) is 23.8. The summed E-state index contributed by atoms with van der Waals surface area (Å²) in [6.45, 7) is 4.14. The third-order valence-corrected chi connectivity index (χ3v) is 7.41. The van der Waals surface area contributed by atoms with Crippen LogP contribution < -0.4 is 16.0 Å². The van der Waals surface area contributed by atoms with E-state index in [0.717, 1.165) is 4.57 Å². The number of sulfone groups is 1. The summed E-state index contributed by atoms with van der Waals surface area (Å²) in [6, 6.07) is 4.48. The fraction of sp³-hybridized carbons (Fsp3) is 0.409. The molecule has 11 heteroatoms. The number of nitrogens with one attached hydrogen (secondary N) is 1. The summed E-state index contributed by atoms with van der Waals surface area (Å²) in [4.78, 5) is 32.3. The number of hydrogen-bond acceptors (Lipinski definition) is 6. The van der Waals surface area contributed by atoms with Gasteiger partial charge in [-0.2, -0.15) is 0 Å². The topological polar surface area (TPSA) is 116 Å². The van der Waals surface area contributed by atoms with Crippen molar-refractivity contribution >= 4 is 33.2 Å². The van der Waals surface area contributed by atoms with E-state index in [-0.39, 0.29) is 41.1 Å². The third kappa shape index (κ3) is 4.63. The van der Waals surface area contributed by atoms with Crippen LogP contribution in [-0.2, 0) is 22.9 Å². The first-order chi connectivity index (χ1) is 15.7.